The van der Waals surface area contributed by atoms with E-state index in [4.69, 9.17) is 14.6 Å². The lowest BCUT2D eigenvalue weighted by Gasteiger charge is -2.33. The van der Waals surface area contributed by atoms with Crippen molar-refractivity contribution in [2.24, 2.45) is 5.92 Å². The summed E-state index contributed by atoms with van der Waals surface area (Å²) in [6.45, 7) is 9.04. The lowest BCUT2D eigenvalue weighted by Crippen LogP contribution is -2.42. The summed E-state index contributed by atoms with van der Waals surface area (Å²) < 4.78 is 10.8. The quantitative estimate of drug-likeness (QED) is 0.844. The first-order chi connectivity index (χ1) is 9.73. The Kier molecular flexibility index (Phi) is 6.45. The van der Waals surface area contributed by atoms with E-state index in [9.17, 15) is 9.59 Å². The number of amides is 1. The molecule has 1 atom stereocenters. The predicted molar refractivity (Wildman–Crippen MR) is 78.2 cm³/mol. The minimum Gasteiger partial charge on any atom is -0.479 e. The molecule has 0 aromatic heterocycles. The van der Waals surface area contributed by atoms with E-state index in [1.165, 1.54) is 0 Å². The number of rotatable bonds is 5. The molecule has 1 rings (SSSR count). The van der Waals surface area contributed by atoms with Crippen molar-refractivity contribution in [2.45, 2.75) is 58.7 Å². The Balaban J connectivity index is 2.32. The summed E-state index contributed by atoms with van der Waals surface area (Å²) in [4.78, 5) is 24.5. The van der Waals surface area contributed by atoms with Gasteiger partial charge >= 0.3 is 12.1 Å². The zero-order chi connectivity index (χ0) is 16.0. The molecule has 0 spiro atoms. The lowest BCUT2D eigenvalue weighted by molar-refractivity contribution is -0.151. The van der Waals surface area contributed by atoms with Crippen LogP contribution in [0.2, 0.25) is 0 Å². The smallest absolute Gasteiger partial charge is 0.410 e. The topological polar surface area (TPSA) is 76.1 Å². The number of hydrogen-bond donors (Lipinski definition) is 1. The molecule has 21 heavy (non-hydrogen) atoms. The van der Waals surface area contributed by atoms with Crippen molar-refractivity contribution in [3.8, 4) is 0 Å². The second-order valence-electron chi connectivity index (χ2n) is 6.48. The van der Waals surface area contributed by atoms with Gasteiger partial charge in [0.1, 0.15) is 5.60 Å². The standard InChI is InChI=1S/C15H27NO5/c1-5-12(13(17)18)20-10-11-6-8-16(9-7-11)14(19)21-15(2,3)4/h11-12H,5-10H2,1-4H3,(H,17,18). The number of likely N-dealkylation sites (tertiary alicyclic amines) is 1. The second-order valence-corrected chi connectivity index (χ2v) is 6.48. The largest absolute Gasteiger partial charge is 0.479 e. The molecule has 6 nitrogen and oxygen atoms in total. The van der Waals surface area contributed by atoms with Gasteiger partial charge in [0.15, 0.2) is 6.10 Å². The van der Waals surface area contributed by atoms with Crippen LogP contribution in [-0.2, 0) is 14.3 Å². The molecule has 0 aliphatic carbocycles. The number of hydrogen-bond acceptors (Lipinski definition) is 4. The molecule has 0 aromatic carbocycles. The number of piperidine rings is 1. The molecule has 0 saturated carbocycles. The van der Waals surface area contributed by atoms with Gasteiger partial charge < -0.3 is 19.5 Å². The maximum absolute atomic E-state index is 11.9. The van der Waals surface area contributed by atoms with Gasteiger partial charge in [-0.15, -0.1) is 0 Å². The lowest BCUT2D eigenvalue weighted by atomic mass is 9.98. The maximum atomic E-state index is 11.9. The van der Waals surface area contributed by atoms with Crippen molar-refractivity contribution in [2.75, 3.05) is 19.7 Å². The van der Waals surface area contributed by atoms with Crippen LogP contribution in [0.5, 0.6) is 0 Å². The summed E-state index contributed by atoms with van der Waals surface area (Å²) in [7, 11) is 0. The highest BCUT2D eigenvalue weighted by Gasteiger charge is 2.27. The molecule has 0 bridgehead atoms. The van der Waals surface area contributed by atoms with Crippen LogP contribution in [-0.4, -0.2) is 53.5 Å². The van der Waals surface area contributed by atoms with Crippen molar-refractivity contribution >= 4 is 12.1 Å². The van der Waals surface area contributed by atoms with Gasteiger partial charge in [0.05, 0.1) is 6.61 Å². The normalized spacial score (nSPS) is 18.4. The van der Waals surface area contributed by atoms with Crippen LogP contribution in [0.15, 0.2) is 0 Å². The zero-order valence-corrected chi connectivity index (χ0v) is 13.4. The Bertz CT molecular complexity index is 356. The monoisotopic (exact) mass is 301 g/mol. The first-order valence-corrected chi connectivity index (χ1v) is 7.55. The Labute approximate surface area is 126 Å². The van der Waals surface area contributed by atoms with E-state index in [2.05, 4.69) is 0 Å². The molecule has 1 heterocycles. The Hall–Kier alpha value is -1.30. The fraction of sp³-hybridized carbons (Fsp3) is 0.867. The first kappa shape index (κ1) is 17.8. The molecule has 1 aliphatic heterocycles. The number of aliphatic carboxylic acids is 1. The average Bonchev–Trinajstić information content (AvgIpc) is 2.37. The third-order valence-corrected chi connectivity index (χ3v) is 3.45. The average molecular weight is 301 g/mol. The Morgan fingerprint density at radius 1 is 1.29 bits per heavy atom. The van der Waals surface area contributed by atoms with Gasteiger partial charge in [0.2, 0.25) is 0 Å². The van der Waals surface area contributed by atoms with Crippen LogP contribution < -0.4 is 0 Å². The summed E-state index contributed by atoms with van der Waals surface area (Å²) in [5.41, 5.74) is -0.479. The van der Waals surface area contributed by atoms with Crippen LogP contribution >= 0.6 is 0 Å². The van der Waals surface area contributed by atoms with Crippen molar-refractivity contribution < 1.29 is 24.2 Å². The molecule has 1 amide bonds. The number of carbonyl (C=O) groups is 2. The van der Waals surface area contributed by atoms with Gasteiger partial charge in [-0.1, -0.05) is 6.92 Å². The van der Waals surface area contributed by atoms with Crippen LogP contribution in [0.1, 0.15) is 47.0 Å². The fourth-order valence-electron chi connectivity index (χ4n) is 2.22. The second kappa shape index (κ2) is 7.64. The maximum Gasteiger partial charge on any atom is 0.410 e. The fourth-order valence-corrected chi connectivity index (χ4v) is 2.22. The summed E-state index contributed by atoms with van der Waals surface area (Å²) in [5.74, 6) is -0.610. The highest BCUT2D eigenvalue weighted by atomic mass is 16.6. The molecule has 1 saturated heterocycles. The predicted octanol–water partition coefficient (Wildman–Crippen LogP) is 2.51. The molecule has 1 unspecified atom stereocenters. The summed E-state index contributed by atoms with van der Waals surface area (Å²) in [6.07, 6.45) is 1.09. The van der Waals surface area contributed by atoms with Crippen LogP contribution in [0.3, 0.4) is 0 Å². The number of carbonyl (C=O) groups excluding carboxylic acids is 1. The summed E-state index contributed by atoms with van der Waals surface area (Å²) in [6, 6.07) is 0. The van der Waals surface area contributed by atoms with Gasteiger partial charge in [-0.3, -0.25) is 0 Å². The van der Waals surface area contributed by atoms with Crippen molar-refractivity contribution in [1.29, 1.82) is 0 Å². The minimum atomic E-state index is -0.913. The number of ether oxygens (including phenoxy) is 2. The number of carboxylic acids is 1. The molecule has 0 aromatic rings. The van der Waals surface area contributed by atoms with Crippen LogP contribution in [0.4, 0.5) is 4.79 Å². The van der Waals surface area contributed by atoms with Crippen LogP contribution in [0.25, 0.3) is 0 Å². The van der Waals surface area contributed by atoms with E-state index in [1.54, 1.807) is 11.8 Å². The van der Waals surface area contributed by atoms with E-state index >= 15 is 0 Å². The minimum absolute atomic E-state index is 0.279. The van der Waals surface area contributed by atoms with E-state index < -0.39 is 17.7 Å². The van der Waals surface area contributed by atoms with E-state index in [-0.39, 0.29) is 6.09 Å². The van der Waals surface area contributed by atoms with E-state index in [0.29, 0.717) is 32.0 Å². The van der Waals surface area contributed by atoms with Crippen molar-refractivity contribution in [3.63, 3.8) is 0 Å². The molecule has 1 N–H and O–H groups in total. The third-order valence-electron chi connectivity index (χ3n) is 3.45. The summed E-state index contributed by atoms with van der Waals surface area (Å²) in [5, 5.41) is 8.93. The Morgan fingerprint density at radius 3 is 2.29 bits per heavy atom. The highest BCUT2D eigenvalue weighted by molar-refractivity contribution is 5.72. The van der Waals surface area contributed by atoms with Gasteiger partial charge in [-0.2, -0.15) is 0 Å². The van der Waals surface area contributed by atoms with Crippen molar-refractivity contribution in [1.82, 2.24) is 4.90 Å². The zero-order valence-electron chi connectivity index (χ0n) is 13.4. The highest BCUT2D eigenvalue weighted by Crippen LogP contribution is 2.20. The van der Waals surface area contributed by atoms with E-state index in [0.717, 1.165) is 12.8 Å². The van der Waals surface area contributed by atoms with Crippen LogP contribution in [0, 0.1) is 5.92 Å². The number of nitrogens with zero attached hydrogens (tertiary/aromatic N) is 1. The molecule has 6 heteroatoms. The first-order valence-electron chi connectivity index (χ1n) is 7.55. The SMILES string of the molecule is CCC(OCC1CCN(C(=O)OC(C)(C)C)CC1)C(=O)O. The molecule has 1 fully saturated rings. The molecule has 122 valence electrons. The third kappa shape index (κ3) is 6.33. The molecule has 0 radical (unpaired) electrons. The van der Waals surface area contributed by atoms with Crippen molar-refractivity contribution in [3.05, 3.63) is 0 Å². The van der Waals surface area contributed by atoms with Gasteiger partial charge in [0, 0.05) is 13.1 Å². The van der Waals surface area contributed by atoms with Gasteiger partial charge in [0.25, 0.3) is 0 Å². The Morgan fingerprint density at radius 2 is 1.86 bits per heavy atom. The molecular formula is C15H27NO5. The van der Waals surface area contributed by atoms with Gasteiger partial charge in [-0.25, -0.2) is 9.59 Å². The van der Waals surface area contributed by atoms with E-state index in [1.807, 2.05) is 20.8 Å². The number of carboxylic acid groups (broad SMARTS) is 1. The van der Waals surface area contributed by atoms with Gasteiger partial charge in [-0.05, 0) is 46.0 Å². The summed E-state index contributed by atoms with van der Waals surface area (Å²) >= 11 is 0. The molecular weight excluding hydrogens is 274 g/mol. The molecule has 1 aliphatic rings.